The molecule has 0 heterocycles. The first-order valence-corrected chi connectivity index (χ1v) is 12.6. The second kappa shape index (κ2) is 7.81. The zero-order valence-corrected chi connectivity index (χ0v) is 19.5. The largest absolute Gasteiger partial charge is 0.393 e. The second-order valence-electron chi connectivity index (χ2n) is 12.2. The molecule has 4 aliphatic rings. The van der Waals surface area contributed by atoms with Gasteiger partial charge in [0.15, 0.2) is 5.78 Å². The topological polar surface area (TPSA) is 37.3 Å². The van der Waals surface area contributed by atoms with Gasteiger partial charge in [-0.15, -0.1) is 0 Å². The number of hydrogen-bond donors (Lipinski definition) is 1. The molecule has 4 aliphatic carbocycles. The van der Waals surface area contributed by atoms with E-state index in [1.807, 2.05) is 6.08 Å². The average Bonchev–Trinajstić information content (AvgIpc) is 3.00. The second-order valence-corrected chi connectivity index (χ2v) is 12.2. The lowest BCUT2D eigenvalue weighted by molar-refractivity contribution is -0.135. The quantitative estimate of drug-likeness (QED) is 0.567. The van der Waals surface area contributed by atoms with E-state index in [1.165, 1.54) is 50.5 Å². The highest BCUT2D eigenvalue weighted by Gasteiger charge is 2.61. The molecule has 0 amide bonds. The number of ketones is 1. The van der Waals surface area contributed by atoms with Crippen molar-refractivity contribution in [2.75, 3.05) is 0 Å². The molecule has 8 atom stereocenters. The van der Waals surface area contributed by atoms with Crippen molar-refractivity contribution >= 4 is 5.78 Å². The molecule has 4 rings (SSSR count). The highest BCUT2D eigenvalue weighted by Crippen LogP contribution is 2.66. The van der Waals surface area contributed by atoms with E-state index in [1.54, 1.807) is 0 Å². The van der Waals surface area contributed by atoms with Crippen LogP contribution in [0, 0.1) is 46.3 Å². The maximum absolute atomic E-state index is 13.4. The van der Waals surface area contributed by atoms with Crippen LogP contribution in [0.2, 0.25) is 0 Å². The van der Waals surface area contributed by atoms with Crippen LogP contribution in [-0.2, 0) is 4.79 Å². The number of carbonyl (C=O) groups excluding carboxylic acids is 1. The van der Waals surface area contributed by atoms with Gasteiger partial charge in [0.05, 0.1) is 6.10 Å². The van der Waals surface area contributed by atoms with Crippen LogP contribution in [0.3, 0.4) is 0 Å². The number of hydrogen-bond acceptors (Lipinski definition) is 2. The first kappa shape index (κ1) is 21.6. The molecule has 0 bridgehead atoms. The van der Waals surface area contributed by atoms with E-state index in [0.29, 0.717) is 23.0 Å². The van der Waals surface area contributed by atoms with Gasteiger partial charge in [-0.2, -0.15) is 0 Å². The third-order valence-electron chi connectivity index (χ3n) is 10.1. The van der Waals surface area contributed by atoms with Crippen molar-refractivity contribution in [2.24, 2.45) is 46.3 Å². The number of aliphatic hydroxyl groups excluding tert-OH is 1. The molecule has 1 N–H and O–H groups in total. The highest BCUT2D eigenvalue weighted by atomic mass is 16.3. The summed E-state index contributed by atoms with van der Waals surface area (Å²) in [6.07, 6.45) is 13.6. The van der Waals surface area contributed by atoms with Crippen molar-refractivity contribution in [1.29, 1.82) is 0 Å². The van der Waals surface area contributed by atoms with Crippen LogP contribution in [0.25, 0.3) is 0 Å². The molecule has 2 nitrogen and oxygen atoms in total. The van der Waals surface area contributed by atoms with Crippen molar-refractivity contribution in [1.82, 2.24) is 0 Å². The first-order valence-electron chi connectivity index (χ1n) is 12.6. The maximum atomic E-state index is 13.4. The number of fused-ring (bicyclic) bond motifs is 5. The molecule has 29 heavy (non-hydrogen) atoms. The lowest BCUT2D eigenvalue weighted by Gasteiger charge is -2.57. The van der Waals surface area contributed by atoms with E-state index in [-0.39, 0.29) is 17.4 Å². The lowest BCUT2D eigenvalue weighted by atomic mass is 9.46. The molecule has 2 heteroatoms. The fourth-order valence-electron chi connectivity index (χ4n) is 8.41. The molecule has 3 saturated carbocycles. The molecule has 0 aliphatic heterocycles. The Balaban J connectivity index is 1.54. The molecule has 164 valence electrons. The summed E-state index contributed by atoms with van der Waals surface area (Å²) in [5.41, 5.74) is 1.77. The minimum absolute atomic E-state index is 0.153. The summed E-state index contributed by atoms with van der Waals surface area (Å²) < 4.78 is 0. The Hall–Kier alpha value is -0.630. The van der Waals surface area contributed by atoms with Crippen molar-refractivity contribution in [3.8, 4) is 0 Å². The van der Waals surface area contributed by atoms with Gasteiger partial charge >= 0.3 is 0 Å². The molecule has 0 aromatic heterocycles. The molecular weight excluding hydrogens is 356 g/mol. The fourth-order valence-corrected chi connectivity index (χ4v) is 8.41. The highest BCUT2D eigenvalue weighted by molar-refractivity contribution is 5.94. The van der Waals surface area contributed by atoms with Crippen LogP contribution in [0.5, 0.6) is 0 Å². The summed E-state index contributed by atoms with van der Waals surface area (Å²) in [5, 5.41) is 10.2. The van der Waals surface area contributed by atoms with Crippen LogP contribution < -0.4 is 0 Å². The van der Waals surface area contributed by atoms with Gasteiger partial charge in [-0.1, -0.05) is 59.5 Å². The van der Waals surface area contributed by atoms with Gasteiger partial charge < -0.3 is 5.11 Å². The molecule has 0 saturated heterocycles. The minimum Gasteiger partial charge on any atom is -0.393 e. The van der Waals surface area contributed by atoms with E-state index in [0.717, 1.165) is 37.0 Å². The predicted octanol–water partition coefficient (Wildman–Crippen LogP) is 6.57. The molecule has 0 aromatic carbocycles. The van der Waals surface area contributed by atoms with E-state index in [4.69, 9.17) is 0 Å². The number of aliphatic hydroxyl groups is 1. The fraction of sp³-hybridized carbons (Fsp3) is 0.889. The Morgan fingerprint density at radius 3 is 2.52 bits per heavy atom. The Labute approximate surface area is 178 Å². The van der Waals surface area contributed by atoms with E-state index in [9.17, 15) is 9.90 Å². The zero-order chi connectivity index (χ0) is 21.0. The number of carbonyl (C=O) groups is 1. The van der Waals surface area contributed by atoms with Crippen LogP contribution in [-0.4, -0.2) is 17.0 Å². The van der Waals surface area contributed by atoms with Gasteiger partial charge in [-0.3, -0.25) is 4.79 Å². The van der Waals surface area contributed by atoms with Crippen molar-refractivity contribution < 1.29 is 9.90 Å². The average molecular weight is 401 g/mol. The predicted molar refractivity (Wildman–Crippen MR) is 119 cm³/mol. The summed E-state index contributed by atoms with van der Waals surface area (Å²) in [6.45, 7) is 12.1. The smallest absolute Gasteiger partial charge is 0.159 e. The summed E-state index contributed by atoms with van der Waals surface area (Å²) >= 11 is 0. The Kier molecular flexibility index (Phi) is 5.82. The van der Waals surface area contributed by atoms with E-state index < -0.39 is 0 Å². The monoisotopic (exact) mass is 400 g/mol. The third-order valence-corrected chi connectivity index (χ3v) is 10.1. The van der Waals surface area contributed by atoms with Crippen LogP contribution in [0.4, 0.5) is 0 Å². The number of allylic oxidation sites excluding steroid dienone is 1. The minimum atomic E-state index is -0.241. The standard InChI is InChI=1S/C27H44O2/c1-17(2)7-6-8-18(3)21-9-10-22-25-23(12-14-27(21,22)5)26(4)13-11-20(28)15-19(26)16-24(25)29/h16-18,20-23,25,28H,6-15H2,1-5H3/t18?,20-,21+,22-,23-,25-,26-,27+/m0/s1. The summed E-state index contributed by atoms with van der Waals surface area (Å²) in [7, 11) is 0. The van der Waals surface area contributed by atoms with Crippen molar-refractivity contribution in [3.05, 3.63) is 11.6 Å². The normalized spacial score (nSPS) is 45.4. The van der Waals surface area contributed by atoms with Gasteiger partial charge in [0.1, 0.15) is 0 Å². The third kappa shape index (κ3) is 3.56. The summed E-state index contributed by atoms with van der Waals surface area (Å²) in [5.74, 6) is 4.11. The van der Waals surface area contributed by atoms with E-state index in [2.05, 4.69) is 34.6 Å². The van der Waals surface area contributed by atoms with Crippen molar-refractivity contribution in [2.45, 2.75) is 105 Å². The Morgan fingerprint density at radius 1 is 1.03 bits per heavy atom. The van der Waals surface area contributed by atoms with Gasteiger partial charge in [0.2, 0.25) is 0 Å². The van der Waals surface area contributed by atoms with Gasteiger partial charge in [-0.25, -0.2) is 0 Å². The van der Waals surface area contributed by atoms with Crippen LogP contribution in [0.15, 0.2) is 11.6 Å². The summed E-state index contributed by atoms with van der Waals surface area (Å²) in [6, 6.07) is 0. The number of rotatable bonds is 5. The Bertz CT molecular complexity index is 663. The molecule has 0 aromatic rings. The maximum Gasteiger partial charge on any atom is 0.159 e. The lowest BCUT2D eigenvalue weighted by Crippen LogP contribution is -2.53. The SMILES string of the molecule is CC(C)CCCC(C)[C@H]1CC[C@H]2[C@@H]3C(=O)C=C4C[C@@H](O)CC[C@]4(C)[C@H]3CC[C@]12C. The van der Waals surface area contributed by atoms with Gasteiger partial charge in [-0.05, 0) is 91.4 Å². The zero-order valence-electron chi connectivity index (χ0n) is 19.5. The molecular formula is C27H44O2. The summed E-state index contributed by atoms with van der Waals surface area (Å²) in [4.78, 5) is 13.4. The first-order chi connectivity index (χ1) is 13.7. The van der Waals surface area contributed by atoms with Gasteiger partial charge in [0, 0.05) is 5.92 Å². The molecule has 0 spiro atoms. The molecule has 1 unspecified atom stereocenters. The molecule has 3 fully saturated rings. The van der Waals surface area contributed by atoms with Crippen LogP contribution >= 0.6 is 0 Å². The Morgan fingerprint density at radius 2 is 1.79 bits per heavy atom. The van der Waals surface area contributed by atoms with Crippen molar-refractivity contribution in [3.63, 3.8) is 0 Å². The van der Waals surface area contributed by atoms with E-state index >= 15 is 0 Å². The molecule has 0 radical (unpaired) electrons. The van der Waals surface area contributed by atoms with Gasteiger partial charge in [0.25, 0.3) is 0 Å². The van der Waals surface area contributed by atoms with Crippen LogP contribution in [0.1, 0.15) is 98.8 Å².